The van der Waals surface area contributed by atoms with Gasteiger partial charge in [-0.25, -0.2) is 4.98 Å². The average molecular weight is 412 g/mol. The number of nitrogens with one attached hydrogen (secondary N) is 3. The van der Waals surface area contributed by atoms with E-state index in [1.807, 2.05) is 19.1 Å². The molecule has 0 amide bonds. The third-order valence-electron chi connectivity index (χ3n) is 5.19. The molecule has 3 heterocycles. The summed E-state index contributed by atoms with van der Waals surface area (Å²) in [6, 6.07) is 8.15. The lowest BCUT2D eigenvalue weighted by molar-refractivity contribution is -0.143. The van der Waals surface area contributed by atoms with E-state index in [0.717, 1.165) is 62.5 Å². The monoisotopic (exact) mass is 411 g/mol. The van der Waals surface area contributed by atoms with Gasteiger partial charge >= 0.3 is 5.97 Å². The summed E-state index contributed by atoms with van der Waals surface area (Å²) in [5.41, 5.74) is 3.48. The molecular weight excluding hydrogens is 378 g/mol. The van der Waals surface area contributed by atoms with Gasteiger partial charge in [0.15, 0.2) is 0 Å². The van der Waals surface area contributed by atoms with Crippen LogP contribution in [-0.4, -0.2) is 48.7 Å². The fraction of sp³-hybridized carbons (Fsp3) is 0.522. The molecule has 1 atom stereocenters. The Morgan fingerprint density at radius 1 is 1.27 bits per heavy atom. The maximum absolute atomic E-state index is 11.9. The van der Waals surface area contributed by atoms with Gasteiger partial charge < -0.3 is 20.7 Å². The molecule has 0 aliphatic carbocycles. The zero-order chi connectivity index (χ0) is 21.0. The van der Waals surface area contributed by atoms with E-state index in [9.17, 15) is 4.79 Å². The second-order valence-corrected chi connectivity index (χ2v) is 7.50. The van der Waals surface area contributed by atoms with Gasteiger partial charge in [0.05, 0.1) is 13.0 Å². The number of aryl methyl sites for hydroxylation is 2. The van der Waals surface area contributed by atoms with Crippen molar-refractivity contribution >= 4 is 11.8 Å². The number of esters is 1. The maximum Gasteiger partial charge on any atom is 0.307 e. The van der Waals surface area contributed by atoms with Crippen molar-refractivity contribution in [1.29, 1.82) is 0 Å². The van der Waals surface area contributed by atoms with Crippen molar-refractivity contribution in [2.24, 2.45) is 0 Å². The third-order valence-corrected chi connectivity index (χ3v) is 5.19. The Morgan fingerprint density at radius 3 is 3.03 bits per heavy atom. The van der Waals surface area contributed by atoms with Crippen LogP contribution < -0.4 is 16.0 Å². The molecule has 0 unspecified atom stereocenters. The predicted octanol–water partition coefficient (Wildman–Crippen LogP) is 2.64. The fourth-order valence-electron chi connectivity index (χ4n) is 3.64. The lowest BCUT2D eigenvalue weighted by Crippen LogP contribution is -2.32. The second-order valence-electron chi connectivity index (χ2n) is 7.50. The van der Waals surface area contributed by atoms with E-state index in [2.05, 4.69) is 33.1 Å². The molecule has 0 fully saturated rings. The number of ether oxygens (including phenoxy) is 1. The van der Waals surface area contributed by atoms with Gasteiger partial charge in [-0.15, -0.1) is 0 Å². The van der Waals surface area contributed by atoms with Gasteiger partial charge in [0.2, 0.25) is 0 Å². The highest BCUT2D eigenvalue weighted by atomic mass is 16.5. The van der Waals surface area contributed by atoms with Gasteiger partial charge in [-0.1, -0.05) is 12.1 Å². The zero-order valence-corrected chi connectivity index (χ0v) is 17.8. The van der Waals surface area contributed by atoms with Crippen LogP contribution in [0.25, 0.3) is 0 Å². The molecule has 1 aliphatic rings. The van der Waals surface area contributed by atoms with Crippen LogP contribution in [0.4, 0.5) is 5.82 Å². The lowest BCUT2D eigenvalue weighted by Gasteiger charge is -2.18. The molecule has 0 spiro atoms. The highest BCUT2D eigenvalue weighted by molar-refractivity contribution is 5.70. The van der Waals surface area contributed by atoms with Gasteiger partial charge in [0, 0.05) is 43.8 Å². The van der Waals surface area contributed by atoms with E-state index in [1.54, 1.807) is 12.4 Å². The van der Waals surface area contributed by atoms with Crippen molar-refractivity contribution in [2.45, 2.75) is 45.1 Å². The second kappa shape index (κ2) is 12.2. The fourth-order valence-corrected chi connectivity index (χ4v) is 3.64. The number of rotatable bonds is 12. The van der Waals surface area contributed by atoms with Crippen molar-refractivity contribution < 1.29 is 9.53 Å². The lowest BCUT2D eigenvalue weighted by atomic mass is 10.1. The molecular formula is C23H33N5O2. The number of hydrogen-bond acceptors (Lipinski definition) is 7. The van der Waals surface area contributed by atoms with Crippen molar-refractivity contribution in [3.8, 4) is 0 Å². The first-order chi connectivity index (χ1) is 14.8. The van der Waals surface area contributed by atoms with Crippen LogP contribution in [0.15, 0.2) is 36.7 Å². The van der Waals surface area contributed by atoms with Crippen LogP contribution in [-0.2, 0) is 22.4 Å². The van der Waals surface area contributed by atoms with Gasteiger partial charge in [-0.3, -0.25) is 9.78 Å². The van der Waals surface area contributed by atoms with Gasteiger partial charge in [-0.05, 0) is 62.4 Å². The highest BCUT2D eigenvalue weighted by Crippen LogP contribution is 2.20. The van der Waals surface area contributed by atoms with Crippen LogP contribution in [0.2, 0.25) is 0 Å². The number of nitrogens with zero attached hydrogens (tertiary/aromatic N) is 2. The van der Waals surface area contributed by atoms with Gasteiger partial charge in [-0.2, -0.15) is 0 Å². The molecule has 1 aliphatic heterocycles. The van der Waals surface area contributed by atoms with Crippen LogP contribution in [0, 0.1) is 0 Å². The molecule has 2 aromatic heterocycles. The van der Waals surface area contributed by atoms with E-state index in [4.69, 9.17) is 9.72 Å². The first-order valence-corrected chi connectivity index (χ1v) is 11.0. The third kappa shape index (κ3) is 7.07. The largest absolute Gasteiger partial charge is 0.466 e. The number of pyridine rings is 2. The van der Waals surface area contributed by atoms with Crippen molar-refractivity contribution in [3.63, 3.8) is 0 Å². The SMILES string of the molecule is CCOC(=O)C[C@H](NCCNCCCc1ccc2c(n1)NCCC2)c1cccnc1. The Morgan fingerprint density at radius 2 is 2.20 bits per heavy atom. The highest BCUT2D eigenvalue weighted by Gasteiger charge is 2.16. The Hall–Kier alpha value is -2.51. The van der Waals surface area contributed by atoms with Crippen molar-refractivity contribution in [3.05, 3.63) is 53.5 Å². The first kappa shape index (κ1) is 22.2. The molecule has 162 valence electrons. The number of anilines is 1. The summed E-state index contributed by atoms with van der Waals surface area (Å²) in [5.74, 6) is 0.873. The minimum absolute atomic E-state index is 0.0910. The molecule has 0 bridgehead atoms. The molecule has 30 heavy (non-hydrogen) atoms. The molecule has 7 heteroatoms. The van der Waals surface area contributed by atoms with E-state index in [0.29, 0.717) is 13.0 Å². The molecule has 0 saturated heterocycles. The first-order valence-electron chi connectivity index (χ1n) is 11.0. The molecule has 3 N–H and O–H groups in total. The number of hydrogen-bond donors (Lipinski definition) is 3. The van der Waals surface area contributed by atoms with E-state index < -0.39 is 0 Å². The molecule has 0 radical (unpaired) electrons. The summed E-state index contributed by atoms with van der Waals surface area (Å²) in [7, 11) is 0. The summed E-state index contributed by atoms with van der Waals surface area (Å²) in [6.07, 6.45) is 8.16. The van der Waals surface area contributed by atoms with E-state index >= 15 is 0 Å². The number of carbonyl (C=O) groups is 1. The molecule has 2 aromatic rings. The smallest absolute Gasteiger partial charge is 0.307 e. The van der Waals surface area contributed by atoms with Crippen LogP contribution >= 0.6 is 0 Å². The standard InChI is InChI=1S/C23H33N5O2/c1-2-30-22(29)16-21(19-7-3-12-25-17-19)26-15-14-24-11-5-8-20-10-9-18-6-4-13-27-23(18)28-20/h3,7,9-10,12,17,21,24,26H,2,4-6,8,11,13-16H2,1H3,(H,27,28)/t21-/m0/s1. The van der Waals surface area contributed by atoms with Crippen LogP contribution in [0.1, 0.15) is 49.0 Å². The number of carbonyl (C=O) groups excluding carboxylic acids is 1. The quantitative estimate of drug-likeness (QED) is 0.365. The molecule has 3 rings (SSSR count). The summed E-state index contributed by atoms with van der Waals surface area (Å²) in [6.45, 7) is 5.77. The van der Waals surface area contributed by atoms with Crippen LogP contribution in [0.5, 0.6) is 0 Å². The minimum atomic E-state index is -0.196. The number of aromatic nitrogens is 2. The Kier molecular flexibility index (Phi) is 9.05. The summed E-state index contributed by atoms with van der Waals surface area (Å²) in [4.78, 5) is 20.8. The van der Waals surface area contributed by atoms with Crippen LogP contribution in [0.3, 0.4) is 0 Å². The maximum atomic E-state index is 11.9. The molecule has 7 nitrogen and oxygen atoms in total. The Balaban J connectivity index is 1.35. The summed E-state index contributed by atoms with van der Waals surface area (Å²) >= 11 is 0. The van der Waals surface area contributed by atoms with Crippen molar-refractivity contribution in [1.82, 2.24) is 20.6 Å². The summed E-state index contributed by atoms with van der Waals surface area (Å²) in [5, 5.41) is 10.3. The van der Waals surface area contributed by atoms with Gasteiger partial charge in [0.1, 0.15) is 5.82 Å². The average Bonchev–Trinajstić information content (AvgIpc) is 2.78. The Bertz CT molecular complexity index is 784. The van der Waals surface area contributed by atoms with E-state index in [1.165, 1.54) is 12.0 Å². The minimum Gasteiger partial charge on any atom is -0.466 e. The zero-order valence-electron chi connectivity index (χ0n) is 17.8. The van der Waals surface area contributed by atoms with E-state index in [-0.39, 0.29) is 12.0 Å². The normalized spacial score (nSPS) is 13.9. The number of fused-ring (bicyclic) bond motifs is 1. The molecule has 0 aromatic carbocycles. The van der Waals surface area contributed by atoms with Crippen molar-refractivity contribution in [2.75, 3.05) is 38.1 Å². The van der Waals surface area contributed by atoms with Gasteiger partial charge in [0.25, 0.3) is 0 Å². The Labute approximate surface area is 179 Å². The molecule has 0 saturated carbocycles. The summed E-state index contributed by atoms with van der Waals surface area (Å²) < 4.78 is 5.10. The predicted molar refractivity (Wildman–Crippen MR) is 118 cm³/mol. The topological polar surface area (TPSA) is 88.2 Å².